The lowest BCUT2D eigenvalue weighted by atomic mass is 10.2. The van der Waals surface area contributed by atoms with E-state index in [1.165, 1.54) is 7.11 Å². The molecule has 1 aliphatic rings. The molecule has 1 atom stereocenters. The minimum absolute atomic E-state index is 0.267. The first kappa shape index (κ1) is 10.9. The van der Waals surface area contributed by atoms with Gasteiger partial charge in [0.15, 0.2) is 6.04 Å². The molecule has 5 nitrogen and oxygen atoms in total. The van der Waals surface area contributed by atoms with Crippen LogP contribution in [0.3, 0.4) is 0 Å². The van der Waals surface area contributed by atoms with Crippen molar-refractivity contribution in [2.45, 2.75) is 6.04 Å². The fourth-order valence-corrected chi connectivity index (χ4v) is 1.78. The molecule has 1 saturated heterocycles. The van der Waals surface area contributed by atoms with Gasteiger partial charge in [0.25, 0.3) is 0 Å². The van der Waals surface area contributed by atoms with Crippen LogP contribution in [-0.2, 0) is 14.3 Å². The van der Waals surface area contributed by atoms with Crippen LogP contribution in [0.1, 0.15) is 0 Å². The number of methoxy groups -OCH3 is 1. The van der Waals surface area contributed by atoms with Gasteiger partial charge in [0.2, 0.25) is 0 Å². The lowest BCUT2D eigenvalue weighted by Crippen LogP contribution is -2.50. The molecule has 86 valence electrons. The number of morpholine rings is 1. The average Bonchev–Trinajstić information content (AvgIpc) is 2.39. The third kappa shape index (κ3) is 2.14. The van der Waals surface area contributed by atoms with Crippen LogP contribution in [-0.4, -0.2) is 43.9 Å². The Morgan fingerprint density at radius 2 is 2.31 bits per heavy atom. The molecule has 0 spiro atoms. The Bertz CT molecular complexity index is 356. The van der Waals surface area contributed by atoms with E-state index < -0.39 is 0 Å². The zero-order valence-corrected chi connectivity index (χ0v) is 9.13. The van der Waals surface area contributed by atoms with Crippen molar-refractivity contribution in [3.05, 3.63) is 24.5 Å². The van der Waals surface area contributed by atoms with E-state index in [-0.39, 0.29) is 12.0 Å². The zero-order valence-electron chi connectivity index (χ0n) is 9.13. The second kappa shape index (κ2) is 4.94. The number of rotatable bonds is 2. The highest BCUT2D eigenvalue weighted by Gasteiger charge is 2.30. The molecule has 0 N–H and O–H groups in total. The van der Waals surface area contributed by atoms with Crippen LogP contribution in [0, 0.1) is 0 Å². The number of ether oxygens (including phenoxy) is 2. The van der Waals surface area contributed by atoms with Crippen LogP contribution in [0.4, 0.5) is 5.69 Å². The van der Waals surface area contributed by atoms with E-state index in [9.17, 15) is 4.79 Å². The van der Waals surface area contributed by atoms with Crippen molar-refractivity contribution in [2.75, 3.05) is 31.8 Å². The van der Waals surface area contributed by atoms with Gasteiger partial charge in [0, 0.05) is 24.6 Å². The summed E-state index contributed by atoms with van der Waals surface area (Å²) in [6.07, 6.45) is 3.41. The Labute approximate surface area is 94.0 Å². The highest BCUT2D eigenvalue weighted by atomic mass is 16.5. The van der Waals surface area contributed by atoms with E-state index >= 15 is 0 Å². The molecular formula is C11H14N2O3. The molecule has 2 heterocycles. The number of anilines is 1. The number of aromatic nitrogens is 1. The van der Waals surface area contributed by atoms with Crippen molar-refractivity contribution >= 4 is 11.7 Å². The summed E-state index contributed by atoms with van der Waals surface area (Å²) in [5.41, 5.74) is 0.966. The summed E-state index contributed by atoms with van der Waals surface area (Å²) in [7, 11) is 1.39. The van der Waals surface area contributed by atoms with E-state index in [4.69, 9.17) is 9.47 Å². The normalized spacial score (nSPS) is 20.6. The van der Waals surface area contributed by atoms with Gasteiger partial charge in [-0.1, -0.05) is 0 Å². The van der Waals surface area contributed by atoms with Crippen LogP contribution < -0.4 is 4.90 Å². The molecule has 0 saturated carbocycles. The van der Waals surface area contributed by atoms with E-state index in [1.54, 1.807) is 12.4 Å². The van der Waals surface area contributed by atoms with Gasteiger partial charge in [0.05, 0.1) is 20.3 Å². The molecular weight excluding hydrogens is 208 g/mol. The monoisotopic (exact) mass is 222 g/mol. The van der Waals surface area contributed by atoms with Gasteiger partial charge in [-0.25, -0.2) is 4.79 Å². The SMILES string of the molecule is COC(=O)C1COCCN1c1ccncc1. The summed E-state index contributed by atoms with van der Waals surface area (Å²) < 4.78 is 10.1. The van der Waals surface area contributed by atoms with Crippen LogP contribution in [0.25, 0.3) is 0 Å². The maximum absolute atomic E-state index is 11.6. The van der Waals surface area contributed by atoms with E-state index in [1.807, 2.05) is 17.0 Å². The molecule has 2 rings (SSSR count). The Kier molecular flexibility index (Phi) is 3.36. The molecule has 1 unspecified atom stereocenters. The second-order valence-electron chi connectivity index (χ2n) is 3.51. The van der Waals surface area contributed by atoms with Crippen LogP contribution >= 0.6 is 0 Å². The van der Waals surface area contributed by atoms with Crippen molar-refractivity contribution in [2.24, 2.45) is 0 Å². The highest BCUT2D eigenvalue weighted by Crippen LogP contribution is 2.19. The van der Waals surface area contributed by atoms with Gasteiger partial charge >= 0.3 is 5.97 Å². The van der Waals surface area contributed by atoms with Gasteiger partial charge in [-0.15, -0.1) is 0 Å². The Balaban J connectivity index is 2.20. The number of esters is 1. The number of nitrogens with zero attached hydrogens (tertiary/aromatic N) is 2. The molecule has 0 radical (unpaired) electrons. The quantitative estimate of drug-likeness (QED) is 0.680. The van der Waals surface area contributed by atoms with Crippen molar-refractivity contribution in [3.8, 4) is 0 Å². The predicted molar refractivity (Wildman–Crippen MR) is 58.2 cm³/mol. The lowest BCUT2D eigenvalue weighted by molar-refractivity contribution is -0.144. The second-order valence-corrected chi connectivity index (χ2v) is 3.51. The van der Waals surface area contributed by atoms with Crippen LogP contribution in [0.2, 0.25) is 0 Å². The third-order valence-electron chi connectivity index (χ3n) is 2.60. The minimum atomic E-state index is -0.360. The number of carbonyl (C=O) groups is 1. The van der Waals surface area contributed by atoms with E-state index in [0.29, 0.717) is 19.8 Å². The standard InChI is InChI=1S/C11H14N2O3/c1-15-11(14)10-8-16-7-6-13(10)9-2-4-12-5-3-9/h2-5,10H,6-8H2,1H3. The lowest BCUT2D eigenvalue weighted by Gasteiger charge is -2.35. The fourth-order valence-electron chi connectivity index (χ4n) is 1.78. The predicted octanol–water partition coefficient (Wildman–Crippen LogP) is 0.460. The zero-order chi connectivity index (χ0) is 11.4. The number of hydrogen-bond acceptors (Lipinski definition) is 5. The summed E-state index contributed by atoms with van der Waals surface area (Å²) in [4.78, 5) is 17.5. The summed E-state index contributed by atoms with van der Waals surface area (Å²) in [5, 5.41) is 0. The summed E-state index contributed by atoms with van der Waals surface area (Å²) in [5.74, 6) is -0.267. The van der Waals surface area contributed by atoms with Crippen LogP contribution in [0.5, 0.6) is 0 Å². The maximum Gasteiger partial charge on any atom is 0.330 e. The molecule has 1 aromatic heterocycles. The molecule has 1 aliphatic heterocycles. The van der Waals surface area contributed by atoms with E-state index in [0.717, 1.165) is 5.69 Å². The Morgan fingerprint density at radius 3 is 3.00 bits per heavy atom. The van der Waals surface area contributed by atoms with Gasteiger partial charge in [-0.2, -0.15) is 0 Å². The average molecular weight is 222 g/mol. The Hall–Kier alpha value is -1.62. The molecule has 0 bridgehead atoms. The fraction of sp³-hybridized carbons (Fsp3) is 0.455. The van der Waals surface area contributed by atoms with Crippen LogP contribution in [0.15, 0.2) is 24.5 Å². The largest absolute Gasteiger partial charge is 0.467 e. The van der Waals surface area contributed by atoms with Crippen molar-refractivity contribution in [1.82, 2.24) is 4.98 Å². The first-order valence-electron chi connectivity index (χ1n) is 5.15. The van der Waals surface area contributed by atoms with Gasteiger partial charge in [-0.3, -0.25) is 4.98 Å². The summed E-state index contributed by atoms with van der Waals surface area (Å²) in [6.45, 7) is 1.68. The topological polar surface area (TPSA) is 51.7 Å². The molecule has 1 aromatic rings. The van der Waals surface area contributed by atoms with E-state index in [2.05, 4.69) is 4.98 Å². The van der Waals surface area contributed by atoms with Gasteiger partial charge < -0.3 is 14.4 Å². The smallest absolute Gasteiger partial charge is 0.330 e. The minimum Gasteiger partial charge on any atom is -0.467 e. The summed E-state index contributed by atoms with van der Waals surface area (Å²) >= 11 is 0. The van der Waals surface area contributed by atoms with Crippen molar-refractivity contribution in [1.29, 1.82) is 0 Å². The highest BCUT2D eigenvalue weighted by molar-refractivity contribution is 5.80. The van der Waals surface area contributed by atoms with Crippen molar-refractivity contribution in [3.63, 3.8) is 0 Å². The molecule has 0 amide bonds. The van der Waals surface area contributed by atoms with Gasteiger partial charge in [-0.05, 0) is 12.1 Å². The maximum atomic E-state index is 11.6. The van der Waals surface area contributed by atoms with Gasteiger partial charge in [0.1, 0.15) is 0 Å². The molecule has 16 heavy (non-hydrogen) atoms. The molecule has 1 fully saturated rings. The first-order chi connectivity index (χ1) is 7.83. The molecule has 0 aromatic carbocycles. The number of pyridine rings is 1. The first-order valence-corrected chi connectivity index (χ1v) is 5.15. The Morgan fingerprint density at radius 1 is 1.56 bits per heavy atom. The third-order valence-corrected chi connectivity index (χ3v) is 2.60. The summed E-state index contributed by atoms with van der Waals surface area (Å²) in [6, 6.07) is 3.39. The van der Waals surface area contributed by atoms with Crippen molar-refractivity contribution < 1.29 is 14.3 Å². The molecule has 0 aliphatic carbocycles. The molecule has 5 heteroatoms. The number of hydrogen-bond donors (Lipinski definition) is 0. The number of carbonyl (C=O) groups excluding carboxylic acids is 1.